The molecule has 1 aromatic heterocycles. The van der Waals surface area contributed by atoms with E-state index in [-0.39, 0.29) is 12.5 Å². The minimum atomic E-state index is -1.06. The van der Waals surface area contributed by atoms with E-state index in [2.05, 4.69) is 15.4 Å². The smallest absolute Gasteiger partial charge is 0.341 e. The summed E-state index contributed by atoms with van der Waals surface area (Å²) in [7, 11) is 0. The van der Waals surface area contributed by atoms with Crippen LogP contribution in [0.5, 0.6) is 5.75 Å². The van der Waals surface area contributed by atoms with Crippen molar-refractivity contribution in [2.24, 2.45) is 0 Å². The van der Waals surface area contributed by atoms with Gasteiger partial charge in [0.25, 0.3) is 0 Å². The molecule has 0 fully saturated rings. The van der Waals surface area contributed by atoms with Crippen molar-refractivity contribution in [3.8, 4) is 5.75 Å². The van der Waals surface area contributed by atoms with Crippen LogP contribution in [0.4, 0.5) is 5.69 Å². The number of hydrogen-bond acceptors (Lipinski definition) is 5. The van der Waals surface area contributed by atoms with Gasteiger partial charge in [-0.05, 0) is 12.1 Å². The molecule has 8 heteroatoms. The van der Waals surface area contributed by atoms with E-state index in [1.54, 1.807) is 24.3 Å². The summed E-state index contributed by atoms with van der Waals surface area (Å²) in [6, 6.07) is 6.48. The SMILES string of the molecule is O=C(O)COc1cccc(NC(=O)Cn2cncn2)c1. The van der Waals surface area contributed by atoms with Crippen LogP contribution in [0.1, 0.15) is 0 Å². The predicted molar refractivity (Wildman–Crippen MR) is 68.2 cm³/mol. The lowest BCUT2D eigenvalue weighted by atomic mass is 10.3. The number of rotatable bonds is 6. The first-order valence-electron chi connectivity index (χ1n) is 5.70. The molecule has 0 atom stereocenters. The van der Waals surface area contributed by atoms with Crippen molar-refractivity contribution in [1.29, 1.82) is 0 Å². The van der Waals surface area contributed by atoms with E-state index in [1.807, 2.05) is 0 Å². The average molecular weight is 276 g/mol. The number of carboxylic acids is 1. The van der Waals surface area contributed by atoms with Gasteiger partial charge in [0.05, 0.1) is 0 Å². The van der Waals surface area contributed by atoms with Crippen LogP contribution in [0.15, 0.2) is 36.9 Å². The molecule has 0 unspecified atom stereocenters. The molecule has 1 amide bonds. The Hall–Kier alpha value is -2.90. The third-order valence-electron chi connectivity index (χ3n) is 2.25. The predicted octanol–water partition coefficient (Wildman–Crippen LogP) is 0.380. The van der Waals surface area contributed by atoms with Crippen molar-refractivity contribution < 1.29 is 19.4 Å². The zero-order valence-electron chi connectivity index (χ0n) is 10.4. The van der Waals surface area contributed by atoms with Crippen molar-refractivity contribution in [1.82, 2.24) is 14.8 Å². The van der Waals surface area contributed by atoms with Crippen LogP contribution in [-0.2, 0) is 16.1 Å². The largest absolute Gasteiger partial charge is 0.482 e. The number of ether oxygens (including phenoxy) is 1. The fourth-order valence-electron chi connectivity index (χ4n) is 1.47. The Balaban J connectivity index is 1.93. The first kappa shape index (κ1) is 13.5. The molecule has 0 radical (unpaired) electrons. The molecular weight excluding hydrogens is 264 g/mol. The van der Waals surface area contributed by atoms with Crippen LogP contribution in [-0.4, -0.2) is 38.4 Å². The summed E-state index contributed by atoms with van der Waals surface area (Å²) >= 11 is 0. The second-order valence-electron chi connectivity index (χ2n) is 3.85. The topological polar surface area (TPSA) is 106 Å². The number of hydrogen-bond donors (Lipinski definition) is 2. The number of anilines is 1. The van der Waals surface area contributed by atoms with Gasteiger partial charge in [-0.15, -0.1) is 0 Å². The first-order chi connectivity index (χ1) is 9.63. The maximum atomic E-state index is 11.7. The van der Waals surface area contributed by atoms with Crippen molar-refractivity contribution in [2.75, 3.05) is 11.9 Å². The van der Waals surface area contributed by atoms with E-state index < -0.39 is 12.6 Å². The van der Waals surface area contributed by atoms with Crippen molar-refractivity contribution in [3.63, 3.8) is 0 Å². The summed E-state index contributed by atoms with van der Waals surface area (Å²) in [6.45, 7) is -0.392. The quantitative estimate of drug-likeness (QED) is 0.790. The highest BCUT2D eigenvalue weighted by Crippen LogP contribution is 2.17. The molecule has 0 aliphatic carbocycles. The van der Waals surface area contributed by atoms with Crippen molar-refractivity contribution in [2.45, 2.75) is 6.54 Å². The zero-order chi connectivity index (χ0) is 14.4. The van der Waals surface area contributed by atoms with E-state index >= 15 is 0 Å². The van der Waals surface area contributed by atoms with E-state index in [0.717, 1.165) is 0 Å². The monoisotopic (exact) mass is 276 g/mol. The molecular formula is C12H12N4O4. The Bertz CT molecular complexity index is 597. The van der Waals surface area contributed by atoms with Gasteiger partial charge in [0.1, 0.15) is 24.9 Å². The highest BCUT2D eigenvalue weighted by Gasteiger charge is 2.05. The highest BCUT2D eigenvalue weighted by molar-refractivity contribution is 5.90. The molecule has 8 nitrogen and oxygen atoms in total. The van der Waals surface area contributed by atoms with Crippen molar-refractivity contribution in [3.05, 3.63) is 36.9 Å². The fraction of sp³-hybridized carbons (Fsp3) is 0.167. The fourth-order valence-corrected chi connectivity index (χ4v) is 1.47. The van der Waals surface area contributed by atoms with Crippen LogP contribution in [0, 0.1) is 0 Å². The number of carbonyl (C=O) groups is 2. The minimum Gasteiger partial charge on any atom is -0.482 e. The van der Waals surface area contributed by atoms with Gasteiger partial charge in [-0.1, -0.05) is 6.07 Å². The van der Waals surface area contributed by atoms with Crippen molar-refractivity contribution >= 4 is 17.6 Å². The summed E-state index contributed by atoms with van der Waals surface area (Å²) < 4.78 is 6.41. The third-order valence-corrected chi connectivity index (χ3v) is 2.25. The number of nitrogens with one attached hydrogen (secondary N) is 1. The lowest BCUT2D eigenvalue weighted by Crippen LogP contribution is -2.19. The minimum absolute atomic E-state index is 0.0419. The highest BCUT2D eigenvalue weighted by atomic mass is 16.5. The van der Waals surface area contributed by atoms with E-state index in [1.165, 1.54) is 17.3 Å². The van der Waals surface area contributed by atoms with Gasteiger partial charge in [-0.3, -0.25) is 4.79 Å². The second kappa shape index (κ2) is 6.32. The third kappa shape index (κ3) is 4.09. The number of benzene rings is 1. The number of aromatic nitrogens is 3. The standard InChI is InChI=1S/C12H12N4O4/c17-11(5-16-8-13-7-14-16)15-9-2-1-3-10(4-9)20-6-12(18)19/h1-4,7-8H,5-6H2,(H,15,17)(H,18,19). The number of aliphatic carboxylic acids is 1. The van der Waals surface area contributed by atoms with Gasteiger partial charge in [-0.25, -0.2) is 14.5 Å². The van der Waals surface area contributed by atoms with E-state index in [4.69, 9.17) is 9.84 Å². The molecule has 20 heavy (non-hydrogen) atoms. The summed E-state index contributed by atoms with van der Waals surface area (Å²) in [5.74, 6) is -0.970. The zero-order valence-corrected chi connectivity index (χ0v) is 10.4. The lowest BCUT2D eigenvalue weighted by molar-refractivity contribution is -0.139. The van der Waals surface area contributed by atoms with Gasteiger partial charge in [0.2, 0.25) is 5.91 Å². The Kier molecular flexibility index (Phi) is 4.28. The van der Waals surface area contributed by atoms with Crippen LogP contribution in [0.3, 0.4) is 0 Å². The Labute approximate surface area is 114 Å². The maximum absolute atomic E-state index is 11.7. The maximum Gasteiger partial charge on any atom is 0.341 e. The summed E-state index contributed by atoms with van der Waals surface area (Å²) in [5, 5.41) is 15.0. The molecule has 104 valence electrons. The van der Waals surface area contributed by atoms with E-state index in [9.17, 15) is 9.59 Å². The summed E-state index contributed by atoms with van der Waals surface area (Å²) in [6.07, 6.45) is 2.78. The molecule has 1 heterocycles. The summed E-state index contributed by atoms with van der Waals surface area (Å²) in [4.78, 5) is 25.9. The Morgan fingerprint density at radius 3 is 2.95 bits per heavy atom. The van der Waals surface area contributed by atoms with Gasteiger partial charge in [-0.2, -0.15) is 5.10 Å². The number of carbonyl (C=O) groups excluding carboxylic acids is 1. The number of carboxylic acid groups (broad SMARTS) is 1. The molecule has 1 aromatic carbocycles. The molecule has 0 saturated heterocycles. The molecule has 0 bridgehead atoms. The first-order valence-corrected chi connectivity index (χ1v) is 5.70. The van der Waals surface area contributed by atoms with E-state index in [0.29, 0.717) is 11.4 Å². The van der Waals surface area contributed by atoms with Gasteiger partial charge in [0.15, 0.2) is 6.61 Å². The average Bonchev–Trinajstić information content (AvgIpc) is 2.89. The van der Waals surface area contributed by atoms with Crippen LogP contribution < -0.4 is 10.1 Å². The molecule has 2 N–H and O–H groups in total. The number of amides is 1. The van der Waals surface area contributed by atoms with Gasteiger partial charge in [0, 0.05) is 11.8 Å². The Morgan fingerprint density at radius 1 is 1.40 bits per heavy atom. The van der Waals surface area contributed by atoms with Crippen LogP contribution >= 0.6 is 0 Å². The second-order valence-corrected chi connectivity index (χ2v) is 3.85. The normalized spacial score (nSPS) is 10.0. The van der Waals surface area contributed by atoms with Crippen LogP contribution in [0.25, 0.3) is 0 Å². The molecule has 2 rings (SSSR count). The lowest BCUT2D eigenvalue weighted by Gasteiger charge is -2.07. The van der Waals surface area contributed by atoms with Gasteiger partial charge < -0.3 is 15.2 Å². The molecule has 0 aliphatic rings. The summed E-state index contributed by atoms with van der Waals surface area (Å²) in [5.41, 5.74) is 0.512. The molecule has 0 saturated carbocycles. The van der Waals surface area contributed by atoms with Gasteiger partial charge >= 0.3 is 5.97 Å². The molecule has 0 spiro atoms. The Morgan fingerprint density at radius 2 is 2.25 bits per heavy atom. The molecule has 0 aliphatic heterocycles. The molecule has 2 aromatic rings. The van der Waals surface area contributed by atoms with Crippen LogP contribution in [0.2, 0.25) is 0 Å². The number of nitrogens with zero attached hydrogens (tertiary/aromatic N) is 3.